The lowest BCUT2D eigenvalue weighted by molar-refractivity contribution is -0.115. The second-order valence-corrected chi connectivity index (χ2v) is 4.97. The summed E-state index contributed by atoms with van der Waals surface area (Å²) in [6, 6.07) is 6.26. The molecule has 1 amide bonds. The normalized spacial score (nSPS) is 23.2. The summed E-state index contributed by atoms with van der Waals surface area (Å²) in [7, 11) is -3.58. The number of rotatable bonds is 1. The van der Waals surface area contributed by atoms with Gasteiger partial charge in [0.05, 0.1) is 10.9 Å². The third-order valence-corrected chi connectivity index (χ3v) is 4.30. The molecule has 2 rings (SSSR count). The Labute approximate surface area is 82.2 Å². The third kappa shape index (κ3) is 0.988. The van der Waals surface area contributed by atoms with Crippen molar-refractivity contribution < 1.29 is 13.2 Å². The predicted molar refractivity (Wildman–Crippen MR) is 49.9 cm³/mol. The molecular formula is C9H9NO3S. The van der Waals surface area contributed by atoms with E-state index in [9.17, 15) is 13.2 Å². The first-order valence-corrected chi connectivity index (χ1v) is 5.61. The molecule has 0 N–H and O–H groups in total. The molecule has 1 aliphatic heterocycles. The van der Waals surface area contributed by atoms with Crippen molar-refractivity contribution >= 4 is 16.4 Å². The van der Waals surface area contributed by atoms with Gasteiger partial charge in [-0.3, -0.25) is 4.79 Å². The summed E-state index contributed by atoms with van der Waals surface area (Å²) < 4.78 is 24.3. The number of sulfonamides is 1. The summed E-state index contributed by atoms with van der Waals surface area (Å²) in [6.07, 6.45) is 0.361. The van der Waals surface area contributed by atoms with E-state index >= 15 is 0 Å². The lowest BCUT2D eigenvalue weighted by Gasteiger charge is -2.13. The molecule has 1 heterocycles. The Morgan fingerprint density at radius 3 is 2.57 bits per heavy atom. The summed E-state index contributed by atoms with van der Waals surface area (Å²) in [5.74, 6) is 0. The molecule has 0 spiro atoms. The molecule has 1 aromatic carbocycles. The smallest absolute Gasteiger partial charge is 0.267 e. The van der Waals surface area contributed by atoms with Crippen molar-refractivity contribution in [1.82, 2.24) is 4.31 Å². The molecule has 14 heavy (non-hydrogen) atoms. The van der Waals surface area contributed by atoms with Crippen molar-refractivity contribution in [2.24, 2.45) is 0 Å². The van der Waals surface area contributed by atoms with Gasteiger partial charge in [0.2, 0.25) is 6.41 Å². The van der Waals surface area contributed by atoms with Crippen LogP contribution >= 0.6 is 0 Å². The molecule has 0 radical (unpaired) electrons. The maximum absolute atomic E-state index is 11.7. The van der Waals surface area contributed by atoms with E-state index in [1.165, 1.54) is 6.07 Å². The van der Waals surface area contributed by atoms with Gasteiger partial charge >= 0.3 is 0 Å². The van der Waals surface area contributed by atoms with E-state index in [2.05, 4.69) is 0 Å². The highest BCUT2D eigenvalue weighted by Crippen LogP contribution is 2.37. The second-order valence-electron chi connectivity index (χ2n) is 3.15. The Kier molecular flexibility index (Phi) is 1.85. The number of benzene rings is 1. The Hall–Kier alpha value is -1.36. The molecule has 0 aliphatic carbocycles. The van der Waals surface area contributed by atoms with Crippen molar-refractivity contribution in [3.63, 3.8) is 0 Å². The quantitative estimate of drug-likeness (QED) is 0.649. The van der Waals surface area contributed by atoms with Gasteiger partial charge in [-0.2, -0.15) is 0 Å². The van der Waals surface area contributed by atoms with Crippen LogP contribution < -0.4 is 0 Å². The van der Waals surface area contributed by atoms with Crippen LogP contribution in [0.4, 0.5) is 0 Å². The van der Waals surface area contributed by atoms with E-state index < -0.39 is 16.1 Å². The average molecular weight is 211 g/mol. The molecule has 0 saturated carbocycles. The largest absolute Gasteiger partial charge is 0.278 e. The first-order valence-electron chi connectivity index (χ1n) is 4.17. The van der Waals surface area contributed by atoms with Crippen LogP contribution in [0.25, 0.3) is 0 Å². The van der Waals surface area contributed by atoms with Gasteiger partial charge in [-0.05, 0) is 18.6 Å². The summed E-state index contributed by atoms with van der Waals surface area (Å²) in [5.41, 5.74) is 0.680. The highest BCUT2D eigenvalue weighted by Gasteiger charge is 2.38. The maximum Gasteiger partial charge on any atom is 0.267 e. The van der Waals surface area contributed by atoms with Gasteiger partial charge in [0, 0.05) is 0 Å². The Morgan fingerprint density at radius 1 is 1.36 bits per heavy atom. The summed E-state index contributed by atoms with van der Waals surface area (Å²) in [5, 5.41) is 0. The fraction of sp³-hybridized carbons (Fsp3) is 0.222. The molecule has 0 bridgehead atoms. The van der Waals surface area contributed by atoms with Gasteiger partial charge in [0.1, 0.15) is 0 Å². The van der Waals surface area contributed by atoms with E-state index in [1.54, 1.807) is 25.1 Å². The van der Waals surface area contributed by atoms with Gasteiger partial charge in [-0.1, -0.05) is 18.2 Å². The van der Waals surface area contributed by atoms with E-state index in [4.69, 9.17) is 0 Å². The molecular weight excluding hydrogens is 202 g/mol. The summed E-state index contributed by atoms with van der Waals surface area (Å²) in [6.45, 7) is 1.69. The molecule has 5 heteroatoms. The molecule has 1 aliphatic rings. The first-order chi connectivity index (χ1) is 6.59. The number of amides is 1. The molecule has 0 aromatic heterocycles. The molecule has 1 atom stereocenters. The number of hydrogen-bond donors (Lipinski definition) is 0. The van der Waals surface area contributed by atoms with Gasteiger partial charge in [-0.15, -0.1) is 0 Å². The van der Waals surface area contributed by atoms with E-state index in [0.29, 0.717) is 12.0 Å². The van der Waals surface area contributed by atoms with E-state index in [-0.39, 0.29) is 4.90 Å². The molecule has 4 nitrogen and oxygen atoms in total. The van der Waals surface area contributed by atoms with E-state index in [0.717, 1.165) is 4.31 Å². The molecule has 0 unspecified atom stereocenters. The second kappa shape index (κ2) is 2.81. The topological polar surface area (TPSA) is 54.5 Å². The Balaban J connectivity index is 2.73. The minimum Gasteiger partial charge on any atom is -0.278 e. The van der Waals surface area contributed by atoms with E-state index in [1.807, 2.05) is 0 Å². The van der Waals surface area contributed by atoms with Gasteiger partial charge in [-0.25, -0.2) is 12.7 Å². The van der Waals surface area contributed by atoms with Gasteiger partial charge in [0.15, 0.2) is 0 Å². The highest BCUT2D eigenvalue weighted by molar-refractivity contribution is 7.90. The van der Waals surface area contributed by atoms with Gasteiger partial charge in [0.25, 0.3) is 10.0 Å². The van der Waals surface area contributed by atoms with Crippen LogP contribution in [0.2, 0.25) is 0 Å². The van der Waals surface area contributed by atoms with Crippen molar-refractivity contribution in [3.05, 3.63) is 29.8 Å². The van der Waals surface area contributed by atoms with Crippen molar-refractivity contribution in [2.45, 2.75) is 17.9 Å². The molecule has 74 valence electrons. The van der Waals surface area contributed by atoms with Crippen LogP contribution in [0.15, 0.2) is 29.2 Å². The van der Waals surface area contributed by atoms with Crippen LogP contribution in [0, 0.1) is 0 Å². The Bertz CT molecular complexity index is 481. The average Bonchev–Trinajstić information content (AvgIpc) is 2.36. The zero-order chi connectivity index (χ0) is 10.3. The number of hydrogen-bond acceptors (Lipinski definition) is 3. The van der Waals surface area contributed by atoms with Crippen LogP contribution in [-0.2, 0) is 14.8 Å². The number of fused-ring (bicyclic) bond motifs is 1. The lowest BCUT2D eigenvalue weighted by Crippen LogP contribution is -2.25. The highest BCUT2D eigenvalue weighted by atomic mass is 32.2. The zero-order valence-corrected chi connectivity index (χ0v) is 8.36. The summed E-state index contributed by atoms with van der Waals surface area (Å²) in [4.78, 5) is 10.9. The molecule has 1 aromatic rings. The van der Waals surface area contributed by atoms with Crippen molar-refractivity contribution in [1.29, 1.82) is 0 Å². The van der Waals surface area contributed by atoms with Crippen molar-refractivity contribution in [2.75, 3.05) is 0 Å². The fourth-order valence-corrected chi connectivity index (χ4v) is 3.32. The standard InChI is InChI=1S/C9H9NO3S/c1-7-8-4-2-3-5-9(8)14(12,13)10(7)6-11/h2-7H,1H3/t7-/m1/s1. The monoisotopic (exact) mass is 211 g/mol. The van der Waals surface area contributed by atoms with Crippen LogP contribution in [-0.4, -0.2) is 19.1 Å². The first kappa shape index (κ1) is 9.21. The Morgan fingerprint density at radius 2 is 2.00 bits per heavy atom. The zero-order valence-electron chi connectivity index (χ0n) is 7.54. The maximum atomic E-state index is 11.7. The predicted octanol–water partition coefficient (Wildman–Crippen LogP) is 0.908. The van der Waals surface area contributed by atoms with Crippen LogP contribution in [0.3, 0.4) is 0 Å². The van der Waals surface area contributed by atoms with Crippen molar-refractivity contribution in [3.8, 4) is 0 Å². The summed E-state index contributed by atoms with van der Waals surface area (Å²) >= 11 is 0. The number of nitrogens with zero attached hydrogens (tertiary/aromatic N) is 1. The van der Waals surface area contributed by atoms with Crippen LogP contribution in [0.5, 0.6) is 0 Å². The number of carbonyl (C=O) groups is 1. The SMILES string of the molecule is C[C@@H]1c2ccccc2S(=O)(=O)N1C=O. The van der Waals surface area contributed by atoms with Gasteiger partial charge < -0.3 is 0 Å². The minimum atomic E-state index is -3.58. The minimum absolute atomic E-state index is 0.236. The fourth-order valence-electron chi connectivity index (χ4n) is 1.67. The van der Waals surface area contributed by atoms with Crippen LogP contribution in [0.1, 0.15) is 18.5 Å². The third-order valence-electron chi connectivity index (χ3n) is 2.41. The number of carbonyl (C=O) groups excluding carboxylic acids is 1. The lowest BCUT2D eigenvalue weighted by atomic mass is 10.1. The molecule has 0 saturated heterocycles. The molecule has 0 fully saturated rings.